The van der Waals surface area contributed by atoms with Crippen molar-refractivity contribution in [2.75, 3.05) is 33.3 Å². The molecule has 1 heterocycles. The normalized spacial score (nSPS) is 16.4. The molecule has 0 bridgehead atoms. The Balaban J connectivity index is 0.00000300. The van der Waals surface area contributed by atoms with Gasteiger partial charge in [0.05, 0.1) is 6.54 Å². The Morgan fingerprint density at radius 3 is 2.79 bits per heavy atom. The maximum absolute atomic E-state index is 11.8. The Labute approximate surface area is 197 Å². The van der Waals surface area contributed by atoms with Crippen molar-refractivity contribution in [1.82, 2.24) is 15.5 Å². The number of fused-ring (bicyclic) bond motifs is 1. The Morgan fingerprint density at radius 1 is 1.28 bits per heavy atom. The van der Waals surface area contributed by atoms with Gasteiger partial charge in [-0.1, -0.05) is 35.0 Å². The zero-order valence-corrected chi connectivity index (χ0v) is 20.7. The van der Waals surface area contributed by atoms with Gasteiger partial charge in [0.25, 0.3) is 0 Å². The Bertz CT molecular complexity index is 862. The van der Waals surface area contributed by atoms with Crippen LogP contribution in [0, 0.1) is 0 Å². The van der Waals surface area contributed by atoms with Crippen molar-refractivity contribution >= 4 is 62.5 Å². The van der Waals surface area contributed by atoms with E-state index in [1.165, 1.54) is 5.39 Å². The highest BCUT2D eigenvalue weighted by Crippen LogP contribution is 2.24. The number of nitrogens with one attached hydrogen (secondary N) is 2. The van der Waals surface area contributed by atoms with Crippen molar-refractivity contribution < 1.29 is 9.53 Å². The number of hydrogen-bond acceptors (Lipinski definition) is 3. The molecule has 2 aromatic carbocycles. The minimum Gasteiger partial charge on any atom is -0.492 e. The molecule has 158 valence electrons. The highest BCUT2D eigenvalue weighted by molar-refractivity contribution is 14.0. The Kier molecular flexibility index (Phi) is 9.48. The number of halogens is 2. The number of nitrogens with zero attached hydrogens (tertiary/aromatic N) is 2. The smallest absolute Gasteiger partial charge is 0.222 e. The number of guanidine groups is 1. The van der Waals surface area contributed by atoms with Crippen molar-refractivity contribution in [2.24, 2.45) is 4.99 Å². The zero-order chi connectivity index (χ0) is 19.9. The summed E-state index contributed by atoms with van der Waals surface area (Å²) < 4.78 is 6.93. The van der Waals surface area contributed by atoms with Gasteiger partial charge in [-0.15, -0.1) is 24.0 Å². The van der Waals surface area contributed by atoms with Crippen LogP contribution >= 0.6 is 39.9 Å². The van der Waals surface area contributed by atoms with Gasteiger partial charge in [-0.25, -0.2) is 0 Å². The molecule has 1 fully saturated rings. The fraction of sp³-hybridized carbons (Fsp3) is 0.429. The average Bonchev–Trinajstić information content (AvgIpc) is 3.18. The second-order valence-electron chi connectivity index (χ2n) is 6.82. The molecule has 6 nitrogen and oxygen atoms in total. The molecule has 2 N–H and O–H groups in total. The third kappa shape index (κ3) is 6.74. The standard InChI is InChI=1S/C21H27BrN4O2.HI/c1-3-20(27)26-10-8-18(14-26)25-21(23-2)24-9-11-28-19-7-5-15-12-17(22)6-4-16(15)13-19;/h4-7,12-13,18H,3,8-11,14H2,1-2H3,(H2,23,24,25);1H. The van der Waals surface area contributed by atoms with Gasteiger partial charge in [-0.2, -0.15) is 0 Å². The van der Waals surface area contributed by atoms with E-state index in [9.17, 15) is 4.79 Å². The van der Waals surface area contributed by atoms with Crippen molar-refractivity contribution in [3.63, 3.8) is 0 Å². The molecule has 0 radical (unpaired) electrons. The predicted octanol–water partition coefficient (Wildman–Crippen LogP) is 3.78. The van der Waals surface area contributed by atoms with Crippen LogP contribution in [0.25, 0.3) is 10.8 Å². The van der Waals surface area contributed by atoms with Crippen LogP contribution in [0.5, 0.6) is 5.75 Å². The van der Waals surface area contributed by atoms with Crippen molar-refractivity contribution in [3.8, 4) is 5.75 Å². The number of amides is 1. The minimum atomic E-state index is 0. The molecule has 1 aliphatic rings. The van der Waals surface area contributed by atoms with Crippen LogP contribution in [0.2, 0.25) is 0 Å². The molecule has 1 amide bonds. The van der Waals surface area contributed by atoms with E-state index in [4.69, 9.17) is 4.74 Å². The van der Waals surface area contributed by atoms with Crippen LogP contribution in [-0.4, -0.2) is 56.1 Å². The first-order valence-electron chi connectivity index (χ1n) is 9.66. The fourth-order valence-electron chi connectivity index (χ4n) is 3.34. The quantitative estimate of drug-likeness (QED) is 0.239. The molecule has 0 saturated carbocycles. The summed E-state index contributed by atoms with van der Waals surface area (Å²) in [5.74, 6) is 1.80. The van der Waals surface area contributed by atoms with Crippen molar-refractivity contribution in [3.05, 3.63) is 40.9 Å². The SMILES string of the molecule is CCC(=O)N1CCC(NC(=NC)NCCOc2ccc3cc(Br)ccc3c2)C1.I. The van der Waals surface area contributed by atoms with E-state index in [-0.39, 0.29) is 35.9 Å². The lowest BCUT2D eigenvalue weighted by Gasteiger charge is -2.18. The number of carbonyl (C=O) groups excluding carboxylic acids is 1. The highest BCUT2D eigenvalue weighted by atomic mass is 127. The number of benzene rings is 2. The predicted molar refractivity (Wildman–Crippen MR) is 132 cm³/mol. The number of aliphatic imine (C=N–C) groups is 1. The summed E-state index contributed by atoms with van der Waals surface area (Å²) >= 11 is 3.49. The molecule has 2 aromatic rings. The van der Waals surface area contributed by atoms with Gasteiger partial charge in [0, 0.05) is 37.1 Å². The summed E-state index contributed by atoms with van der Waals surface area (Å²) in [7, 11) is 1.75. The third-order valence-electron chi connectivity index (χ3n) is 4.84. The summed E-state index contributed by atoms with van der Waals surface area (Å²) in [6.45, 7) is 4.62. The largest absolute Gasteiger partial charge is 0.492 e. The summed E-state index contributed by atoms with van der Waals surface area (Å²) in [6.07, 6.45) is 1.50. The first-order valence-corrected chi connectivity index (χ1v) is 10.5. The molecule has 3 rings (SSSR count). The lowest BCUT2D eigenvalue weighted by molar-refractivity contribution is -0.129. The first-order chi connectivity index (χ1) is 13.6. The summed E-state index contributed by atoms with van der Waals surface area (Å²) in [5, 5.41) is 8.99. The number of hydrogen-bond donors (Lipinski definition) is 2. The van der Waals surface area contributed by atoms with E-state index in [0.717, 1.165) is 41.1 Å². The van der Waals surface area contributed by atoms with E-state index in [1.54, 1.807) is 7.05 Å². The number of likely N-dealkylation sites (tertiary alicyclic amines) is 1. The summed E-state index contributed by atoms with van der Waals surface area (Å²) in [4.78, 5) is 18.0. The number of ether oxygens (including phenoxy) is 1. The molecule has 8 heteroatoms. The zero-order valence-electron chi connectivity index (χ0n) is 16.8. The third-order valence-corrected chi connectivity index (χ3v) is 5.34. The lowest BCUT2D eigenvalue weighted by Crippen LogP contribution is -2.46. The Morgan fingerprint density at radius 2 is 2.03 bits per heavy atom. The van der Waals surface area contributed by atoms with Crippen LogP contribution in [0.4, 0.5) is 0 Å². The van der Waals surface area contributed by atoms with E-state index in [2.05, 4.69) is 49.8 Å². The monoisotopic (exact) mass is 574 g/mol. The maximum Gasteiger partial charge on any atom is 0.222 e. The van der Waals surface area contributed by atoms with Crippen LogP contribution < -0.4 is 15.4 Å². The number of carbonyl (C=O) groups is 1. The molecule has 29 heavy (non-hydrogen) atoms. The van der Waals surface area contributed by atoms with E-state index >= 15 is 0 Å². The van der Waals surface area contributed by atoms with Gasteiger partial charge in [-0.3, -0.25) is 9.79 Å². The maximum atomic E-state index is 11.8. The number of rotatable bonds is 6. The highest BCUT2D eigenvalue weighted by Gasteiger charge is 2.25. The van der Waals surface area contributed by atoms with Crippen LogP contribution in [0.3, 0.4) is 0 Å². The molecule has 1 aliphatic heterocycles. The van der Waals surface area contributed by atoms with Gasteiger partial charge in [0.1, 0.15) is 12.4 Å². The fourth-order valence-corrected chi connectivity index (χ4v) is 3.72. The van der Waals surface area contributed by atoms with Gasteiger partial charge < -0.3 is 20.3 Å². The second-order valence-corrected chi connectivity index (χ2v) is 7.74. The first kappa shape index (κ1) is 23.7. The molecule has 1 unspecified atom stereocenters. The topological polar surface area (TPSA) is 66.0 Å². The molecule has 0 aromatic heterocycles. The molecular formula is C21H28BrIN4O2. The molecule has 0 spiro atoms. The molecule has 1 atom stereocenters. The van der Waals surface area contributed by atoms with Gasteiger partial charge >= 0.3 is 0 Å². The van der Waals surface area contributed by atoms with E-state index in [0.29, 0.717) is 19.6 Å². The average molecular weight is 575 g/mol. The summed E-state index contributed by atoms with van der Waals surface area (Å²) in [5.41, 5.74) is 0. The molecule has 0 aliphatic carbocycles. The van der Waals surface area contributed by atoms with Gasteiger partial charge in [0.2, 0.25) is 5.91 Å². The van der Waals surface area contributed by atoms with Gasteiger partial charge in [-0.05, 0) is 41.5 Å². The lowest BCUT2D eigenvalue weighted by atomic mass is 10.1. The Hall–Kier alpha value is -1.55. The van der Waals surface area contributed by atoms with Gasteiger partial charge in [0.15, 0.2) is 5.96 Å². The van der Waals surface area contributed by atoms with Crippen molar-refractivity contribution in [1.29, 1.82) is 0 Å². The van der Waals surface area contributed by atoms with E-state index < -0.39 is 0 Å². The second kappa shape index (κ2) is 11.6. The van der Waals surface area contributed by atoms with E-state index in [1.807, 2.05) is 30.0 Å². The molecular weight excluding hydrogens is 547 g/mol. The van der Waals surface area contributed by atoms with Crippen molar-refractivity contribution in [2.45, 2.75) is 25.8 Å². The minimum absolute atomic E-state index is 0. The van der Waals surface area contributed by atoms with Crippen LogP contribution in [-0.2, 0) is 4.79 Å². The summed E-state index contributed by atoms with van der Waals surface area (Å²) in [6, 6.07) is 12.5. The van der Waals surface area contributed by atoms with Crippen LogP contribution in [0.1, 0.15) is 19.8 Å². The molecule has 1 saturated heterocycles. The van der Waals surface area contributed by atoms with Crippen LogP contribution in [0.15, 0.2) is 45.9 Å².